The van der Waals surface area contributed by atoms with Gasteiger partial charge >= 0.3 is 0 Å². The van der Waals surface area contributed by atoms with Crippen LogP contribution in [0.5, 0.6) is 0 Å². The van der Waals surface area contributed by atoms with Crippen LogP contribution in [0.25, 0.3) is 4.96 Å². The zero-order valence-corrected chi connectivity index (χ0v) is 17.9. The van der Waals surface area contributed by atoms with Gasteiger partial charge in [0.15, 0.2) is 4.34 Å². The molecule has 4 rings (SSSR count). The number of amides is 1. The Morgan fingerprint density at radius 3 is 2.82 bits per heavy atom. The number of nitrogens with one attached hydrogen (secondary N) is 1. The second kappa shape index (κ2) is 8.10. The first-order chi connectivity index (χ1) is 13.5. The van der Waals surface area contributed by atoms with Crippen molar-refractivity contribution in [2.75, 3.05) is 26.5 Å². The van der Waals surface area contributed by atoms with Crippen LogP contribution < -0.4 is 10.9 Å². The number of likely N-dealkylation sites (tertiary alicyclic amines) is 1. The third-order valence-corrected chi connectivity index (χ3v) is 7.61. The van der Waals surface area contributed by atoms with Gasteiger partial charge in [-0.1, -0.05) is 23.1 Å². The van der Waals surface area contributed by atoms with Crippen LogP contribution in [0.3, 0.4) is 0 Å². The Hall–Kier alpha value is -1.49. The standard InChI is InChI=1S/C18H25N5O3S2/c1-10(24)19-14-4-11-7-22(8-12(11)5-15(14)26-2)9-13-6-16(25)23-17(20-13)28-18(21-23)27-3/h6,11-12,14-15H,4-5,7-9H2,1-3H3,(H,19,24)/t11-,12+,14-,15-/m1/s1. The summed E-state index contributed by atoms with van der Waals surface area (Å²) < 4.78 is 7.86. The lowest BCUT2D eigenvalue weighted by molar-refractivity contribution is -0.121. The molecule has 2 aromatic rings. The lowest BCUT2D eigenvalue weighted by Gasteiger charge is -2.37. The summed E-state index contributed by atoms with van der Waals surface area (Å²) in [4.78, 5) is 31.5. The Bertz CT molecular complexity index is 930. The number of methoxy groups -OCH3 is 1. The van der Waals surface area contributed by atoms with Crippen molar-refractivity contribution in [3.63, 3.8) is 0 Å². The van der Waals surface area contributed by atoms with E-state index >= 15 is 0 Å². The first kappa shape index (κ1) is 19.8. The minimum atomic E-state index is -0.127. The molecule has 1 N–H and O–H groups in total. The van der Waals surface area contributed by atoms with Gasteiger partial charge in [-0.05, 0) is 30.9 Å². The van der Waals surface area contributed by atoms with E-state index in [1.54, 1.807) is 20.1 Å². The Morgan fingerprint density at radius 2 is 2.14 bits per heavy atom. The van der Waals surface area contributed by atoms with Gasteiger partial charge in [0, 0.05) is 39.7 Å². The van der Waals surface area contributed by atoms with Crippen molar-refractivity contribution in [3.05, 3.63) is 22.1 Å². The van der Waals surface area contributed by atoms with E-state index in [0.717, 1.165) is 36.0 Å². The van der Waals surface area contributed by atoms with Gasteiger partial charge in [-0.15, -0.1) is 5.10 Å². The molecule has 1 saturated carbocycles. The Kier molecular flexibility index (Phi) is 5.73. The number of hydrogen-bond donors (Lipinski definition) is 1. The molecule has 1 aliphatic heterocycles. The van der Waals surface area contributed by atoms with Gasteiger partial charge in [-0.2, -0.15) is 4.52 Å². The minimum Gasteiger partial charge on any atom is -0.379 e. The summed E-state index contributed by atoms with van der Waals surface area (Å²) in [6, 6.07) is 1.67. The Balaban J connectivity index is 1.47. The smallest absolute Gasteiger partial charge is 0.275 e. The van der Waals surface area contributed by atoms with Crippen molar-refractivity contribution < 1.29 is 9.53 Å². The first-order valence-corrected chi connectivity index (χ1v) is 11.5. The maximum Gasteiger partial charge on any atom is 0.275 e. The van der Waals surface area contributed by atoms with Crippen LogP contribution in [0.15, 0.2) is 15.2 Å². The Morgan fingerprint density at radius 1 is 1.39 bits per heavy atom. The summed E-state index contributed by atoms with van der Waals surface area (Å²) in [6.45, 7) is 4.14. The van der Waals surface area contributed by atoms with Crippen LogP contribution in [0.1, 0.15) is 25.5 Å². The van der Waals surface area contributed by atoms with E-state index < -0.39 is 0 Å². The summed E-state index contributed by atoms with van der Waals surface area (Å²) in [5.74, 6) is 1.07. The maximum atomic E-state index is 12.4. The predicted octanol–water partition coefficient (Wildman–Crippen LogP) is 1.23. The third-order valence-electron chi connectivity index (χ3n) is 5.72. The van der Waals surface area contributed by atoms with Crippen molar-refractivity contribution in [1.29, 1.82) is 0 Å². The molecule has 1 amide bonds. The fourth-order valence-corrected chi connectivity index (χ4v) is 5.92. The van der Waals surface area contributed by atoms with Crippen LogP contribution >= 0.6 is 23.1 Å². The molecule has 8 nitrogen and oxygen atoms in total. The Labute approximate surface area is 171 Å². The molecule has 3 heterocycles. The monoisotopic (exact) mass is 423 g/mol. The highest BCUT2D eigenvalue weighted by Gasteiger charge is 2.42. The van der Waals surface area contributed by atoms with Gasteiger partial charge in [0.1, 0.15) is 0 Å². The lowest BCUT2D eigenvalue weighted by Crippen LogP contribution is -2.49. The van der Waals surface area contributed by atoms with Crippen molar-refractivity contribution in [1.82, 2.24) is 24.8 Å². The topological polar surface area (TPSA) is 88.8 Å². The molecule has 0 radical (unpaired) electrons. The SMILES string of the molecule is CO[C@@H]1C[C@H]2CN(Cc3cc(=O)n4nc(SC)sc4n3)C[C@H]2C[C@H]1NC(C)=O. The van der Waals surface area contributed by atoms with E-state index in [2.05, 4.69) is 20.3 Å². The summed E-state index contributed by atoms with van der Waals surface area (Å²) in [5.41, 5.74) is 0.667. The number of aromatic nitrogens is 3. The number of carbonyl (C=O) groups excluding carboxylic acids is 1. The lowest BCUT2D eigenvalue weighted by atomic mass is 9.77. The molecule has 1 aliphatic carbocycles. The summed E-state index contributed by atoms with van der Waals surface area (Å²) in [5, 5.41) is 7.32. The predicted molar refractivity (Wildman–Crippen MR) is 109 cm³/mol. The van der Waals surface area contributed by atoms with E-state index in [4.69, 9.17) is 4.74 Å². The normalized spacial score (nSPS) is 27.8. The van der Waals surface area contributed by atoms with Gasteiger partial charge < -0.3 is 10.1 Å². The van der Waals surface area contributed by atoms with Gasteiger partial charge in [0.05, 0.1) is 17.8 Å². The van der Waals surface area contributed by atoms with Gasteiger partial charge in [0.2, 0.25) is 10.9 Å². The summed E-state index contributed by atoms with van der Waals surface area (Å²) in [7, 11) is 1.72. The quantitative estimate of drug-likeness (QED) is 0.724. The zero-order chi connectivity index (χ0) is 19.8. The number of fused-ring (bicyclic) bond motifs is 2. The summed E-state index contributed by atoms with van der Waals surface area (Å²) >= 11 is 2.96. The van der Waals surface area contributed by atoms with E-state index in [1.165, 1.54) is 27.6 Å². The molecule has 1 saturated heterocycles. The average molecular weight is 424 g/mol. The molecule has 28 heavy (non-hydrogen) atoms. The molecule has 152 valence electrons. The molecule has 0 bridgehead atoms. The van der Waals surface area contributed by atoms with Gasteiger partial charge in [-0.25, -0.2) is 4.98 Å². The third kappa shape index (κ3) is 3.96. The highest BCUT2D eigenvalue weighted by molar-refractivity contribution is 8.00. The van der Waals surface area contributed by atoms with Crippen LogP contribution in [-0.2, 0) is 16.1 Å². The van der Waals surface area contributed by atoms with Gasteiger partial charge in [-0.3, -0.25) is 14.5 Å². The van der Waals surface area contributed by atoms with Crippen molar-refractivity contribution >= 4 is 34.0 Å². The second-order valence-electron chi connectivity index (χ2n) is 7.62. The number of hydrogen-bond acceptors (Lipinski definition) is 8. The molecule has 2 aliphatic rings. The number of nitrogens with zero attached hydrogens (tertiary/aromatic N) is 4. The average Bonchev–Trinajstić information content (AvgIpc) is 3.23. The van der Waals surface area contributed by atoms with Crippen molar-refractivity contribution in [3.8, 4) is 0 Å². The molecule has 0 spiro atoms. The number of rotatable bonds is 5. The molecule has 2 aromatic heterocycles. The van der Waals surface area contributed by atoms with Crippen LogP contribution in [-0.4, -0.2) is 64.0 Å². The second-order valence-corrected chi connectivity index (χ2v) is 9.63. The van der Waals surface area contributed by atoms with E-state index in [-0.39, 0.29) is 23.6 Å². The fourth-order valence-electron chi connectivity index (χ4n) is 4.54. The van der Waals surface area contributed by atoms with E-state index in [1.807, 2.05) is 6.26 Å². The first-order valence-electron chi connectivity index (χ1n) is 9.43. The molecule has 2 fully saturated rings. The van der Waals surface area contributed by atoms with E-state index in [9.17, 15) is 9.59 Å². The molecule has 0 unspecified atom stereocenters. The highest BCUT2D eigenvalue weighted by Crippen LogP contribution is 2.38. The molecule has 0 aromatic carbocycles. The number of thioether (sulfide) groups is 1. The van der Waals surface area contributed by atoms with Crippen LogP contribution in [0.4, 0.5) is 0 Å². The highest BCUT2D eigenvalue weighted by atomic mass is 32.2. The van der Waals surface area contributed by atoms with Gasteiger partial charge in [0.25, 0.3) is 5.56 Å². The van der Waals surface area contributed by atoms with Crippen LogP contribution in [0, 0.1) is 11.8 Å². The largest absolute Gasteiger partial charge is 0.379 e. The minimum absolute atomic E-state index is 0.00694. The summed E-state index contributed by atoms with van der Waals surface area (Å²) in [6.07, 6.45) is 3.88. The van der Waals surface area contributed by atoms with Crippen molar-refractivity contribution in [2.24, 2.45) is 11.8 Å². The molecule has 4 atom stereocenters. The number of ether oxygens (including phenoxy) is 1. The fraction of sp³-hybridized carbons (Fsp3) is 0.667. The molecular weight excluding hydrogens is 398 g/mol. The molecular formula is C18H25N5O3S2. The maximum absolute atomic E-state index is 12.4. The van der Waals surface area contributed by atoms with E-state index in [0.29, 0.717) is 23.3 Å². The molecule has 10 heteroatoms. The number of carbonyl (C=O) groups is 1. The zero-order valence-electron chi connectivity index (χ0n) is 16.3. The van der Waals surface area contributed by atoms with Crippen molar-refractivity contribution in [2.45, 2.75) is 42.8 Å². The van der Waals surface area contributed by atoms with Crippen LogP contribution in [0.2, 0.25) is 0 Å².